The quantitative estimate of drug-likeness (QED) is 0.200. The summed E-state index contributed by atoms with van der Waals surface area (Å²) in [6.45, 7) is 0. The maximum Gasteiger partial charge on any atom is 0.0794 e. The van der Waals surface area contributed by atoms with Gasteiger partial charge in [-0.25, -0.2) is 4.98 Å². The van der Waals surface area contributed by atoms with Crippen LogP contribution in [-0.2, 0) is 0 Å². The van der Waals surface area contributed by atoms with Crippen molar-refractivity contribution in [2.75, 3.05) is 0 Å². The zero-order valence-electron chi connectivity index (χ0n) is 22.1. The molecule has 0 spiro atoms. The van der Waals surface area contributed by atoms with Crippen LogP contribution < -0.4 is 0 Å². The molecule has 0 saturated carbocycles. The van der Waals surface area contributed by atoms with Gasteiger partial charge < -0.3 is 0 Å². The fraction of sp³-hybridized carbons (Fsp3) is 0. The van der Waals surface area contributed by atoms with Crippen molar-refractivity contribution in [2.45, 2.75) is 0 Å². The molecule has 41 heavy (non-hydrogen) atoms. The minimum Gasteiger partial charge on any atom is -0.246 e. The summed E-state index contributed by atoms with van der Waals surface area (Å²) in [5, 5.41) is 11.4. The van der Waals surface area contributed by atoms with E-state index in [4.69, 9.17) is 4.98 Å². The monoisotopic (exact) mass is 537 g/mol. The summed E-state index contributed by atoms with van der Waals surface area (Å²) in [6, 6.07) is 50.6. The molecule has 0 atom stereocenters. The van der Waals surface area contributed by atoms with E-state index in [-0.39, 0.29) is 0 Å². The largest absolute Gasteiger partial charge is 0.246 e. The van der Waals surface area contributed by atoms with E-state index in [0.717, 1.165) is 22.3 Å². The van der Waals surface area contributed by atoms with E-state index >= 15 is 0 Å². The molecule has 1 nitrogen and oxygen atoms in total. The lowest BCUT2D eigenvalue weighted by Gasteiger charge is -2.15. The van der Waals surface area contributed by atoms with E-state index in [2.05, 4.69) is 140 Å². The lowest BCUT2D eigenvalue weighted by atomic mass is 9.92. The van der Waals surface area contributed by atoms with Crippen molar-refractivity contribution in [3.8, 4) is 22.4 Å². The summed E-state index contributed by atoms with van der Waals surface area (Å²) in [4.78, 5) is 5.47. The van der Waals surface area contributed by atoms with E-state index in [1.54, 1.807) is 0 Å². The Balaban J connectivity index is 1.45. The summed E-state index contributed by atoms with van der Waals surface area (Å²) >= 11 is 1.87. The Hall–Kier alpha value is -5.05. The zero-order chi connectivity index (χ0) is 26.9. The molecule has 0 amide bonds. The van der Waals surface area contributed by atoms with Gasteiger partial charge >= 0.3 is 0 Å². The number of pyridine rings is 1. The zero-order valence-corrected chi connectivity index (χ0v) is 23.0. The van der Waals surface area contributed by atoms with Gasteiger partial charge in [-0.15, -0.1) is 11.3 Å². The SMILES string of the molecule is c1ccc(-c2nc3c(-c4ccc5ccc6ccccc6c5c4)cccc3c3c2ccc2sc4ccccc4c23)cc1. The molecule has 0 radical (unpaired) electrons. The fourth-order valence-corrected chi connectivity index (χ4v) is 7.66. The van der Waals surface area contributed by atoms with Crippen molar-refractivity contribution in [2.24, 2.45) is 0 Å². The van der Waals surface area contributed by atoms with E-state index < -0.39 is 0 Å². The van der Waals surface area contributed by atoms with Crippen LogP contribution in [0.5, 0.6) is 0 Å². The van der Waals surface area contributed by atoms with Gasteiger partial charge in [-0.2, -0.15) is 0 Å². The van der Waals surface area contributed by atoms with Crippen molar-refractivity contribution in [1.82, 2.24) is 4.98 Å². The predicted molar refractivity (Wildman–Crippen MR) is 178 cm³/mol. The summed E-state index contributed by atoms with van der Waals surface area (Å²) in [5.74, 6) is 0. The topological polar surface area (TPSA) is 12.9 Å². The maximum absolute atomic E-state index is 5.47. The molecule has 0 fully saturated rings. The van der Waals surface area contributed by atoms with Crippen LogP contribution in [0.25, 0.3) is 85.8 Å². The molecule has 0 aliphatic carbocycles. The first-order chi connectivity index (χ1) is 20.3. The molecule has 190 valence electrons. The Morgan fingerprint density at radius 1 is 0.415 bits per heavy atom. The molecule has 2 heteroatoms. The molecule has 0 saturated heterocycles. The second-order valence-electron chi connectivity index (χ2n) is 10.7. The Morgan fingerprint density at radius 2 is 1.15 bits per heavy atom. The molecule has 2 aromatic heterocycles. The fourth-order valence-electron chi connectivity index (χ4n) is 6.55. The number of hydrogen-bond acceptors (Lipinski definition) is 2. The Morgan fingerprint density at radius 3 is 2.05 bits per heavy atom. The standard InChI is InChI=1S/C39H23NS/c1-2-10-26(11-3-1)38-32-21-22-35-37(30-13-6-7-16-34(30)41-35)36(32)31-15-8-14-29(39(31)40-38)27-20-19-25-18-17-24-9-4-5-12-28(24)33(25)23-27/h1-23H. The molecular formula is C39H23NS. The number of nitrogens with zero attached hydrogens (tertiary/aromatic N) is 1. The lowest BCUT2D eigenvalue weighted by Crippen LogP contribution is -1.93. The first-order valence-electron chi connectivity index (χ1n) is 14.0. The van der Waals surface area contributed by atoms with Crippen LogP contribution in [0.1, 0.15) is 0 Å². The van der Waals surface area contributed by atoms with Crippen LogP contribution >= 0.6 is 11.3 Å². The maximum atomic E-state index is 5.47. The lowest BCUT2D eigenvalue weighted by molar-refractivity contribution is 1.43. The third-order valence-electron chi connectivity index (χ3n) is 8.43. The van der Waals surface area contributed by atoms with Crippen LogP contribution in [0.4, 0.5) is 0 Å². The first kappa shape index (κ1) is 22.7. The highest BCUT2D eigenvalue weighted by molar-refractivity contribution is 7.26. The highest BCUT2D eigenvalue weighted by atomic mass is 32.1. The Labute approximate surface area is 240 Å². The van der Waals surface area contributed by atoms with Crippen LogP contribution in [0, 0.1) is 0 Å². The van der Waals surface area contributed by atoms with Crippen molar-refractivity contribution in [3.05, 3.63) is 140 Å². The Bertz CT molecular complexity index is 2470. The van der Waals surface area contributed by atoms with Crippen LogP contribution in [0.15, 0.2) is 140 Å². The average Bonchev–Trinajstić information content (AvgIpc) is 3.43. The molecule has 9 aromatic rings. The van der Waals surface area contributed by atoms with Gasteiger partial charge in [0.15, 0.2) is 0 Å². The second-order valence-corrected chi connectivity index (χ2v) is 11.8. The number of benzene rings is 7. The number of thiophene rings is 1. The normalized spacial score (nSPS) is 11.9. The number of aromatic nitrogens is 1. The van der Waals surface area contributed by atoms with Gasteiger partial charge in [-0.1, -0.05) is 121 Å². The molecule has 0 aliphatic heterocycles. The molecule has 9 rings (SSSR count). The Kier molecular flexibility index (Phi) is 4.84. The second kappa shape index (κ2) is 8.72. The van der Waals surface area contributed by atoms with Crippen molar-refractivity contribution >= 4 is 74.7 Å². The van der Waals surface area contributed by atoms with Gasteiger partial charge in [0.1, 0.15) is 0 Å². The van der Waals surface area contributed by atoms with Gasteiger partial charge in [0.2, 0.25) is 0 Å². The third-order valence-corrected chi connectivity index (χ3v) is 9.57. The van der Waals surface area contributed by atoms with E-state index in [9.17, 15) is 0 Å². The number of rotatable bonds is 2. The van der Waals surface area contributed by atoms with E-state index in [1.807, 2.05) is 11.3 Å². The van der Waals surface area contributed by atoms with Gasteiger partial charge in [0, 0.05) is 47.5 Å². The van der Waals surface area contributed by atoms with Gasteiger partial charge in [0.25, 0.3) is 0 Å². The summed E-state index contributed by atoms with van der Waals surface area (Å²) in [5.41, 5.74) is 5.56. The predicted octanol–water partition coefficient (Wildman–Crippen LogP) is 11.4. The minimum absolute atomic E-state index is 1.03. The minimum atomic E-state index is 1.03. The van der Waals surface area contributed by atoms with Gasteiger partial charge in [-0.05, 0) is 45.3 Å². The highest BCUT2D eigenvalue weighted by Gasteiger charge is 2.18. The van der Waals surface area contributed by atoms with E-state index in [0.29, 0.717) is 0 Å². The van der Waals surface area contributed by atoms with E-state index in [1.165, 1.54) is 63.4 Å². The molecule has 0 aliphatic rings. The van der Waals surface area contributed by atoms with Crippen LogP contribution in [-0.4, -0.2) is 4.98 Å². The third kappa shape index (κ3) is 3.38. The van der Waals surface area contributed by atoms with Crippen molar-refractivity contribution in [1.29, 1.82) is 0 Å². The number of para-hydroxylation sites is 1. The smallest absolute Gasteiger partial charge is 0.0794 e. The van der Waals surface area contributed by atoms with Crippen molar-refractivity contribution in [3.63, 3.8) is 0 Å². The van der Waals surface area contributed by atoms with Crippen molar-refractivity contribution < 1.29 is 0 Å². The van der Waals surface area contributed by atoms with Crippen LogP contribution in [0.2, 0.25) is 0 Å². The molecular weight excluding hydrogens is 515 g/mol. The summed E-state index contributed by atoms with van der Waals surface area (Å²) < 4.78 is 2.63. The summed E-state index contributed by atoms with van der Waals surface area (Å²) in [7, 11) is 0. The summed E-state index contributed by atoms with van der Waals surface area (Å²) in [6.07, 6.45) is 0. The molecule has 7 aromatic carbocycles. The molecule has 2 heterocycles. The molecule has 0 bridgehead atoms. The van der Waals surface area contributed by atoms with Gasteiger partial charge in [0.05, 0.1) is 11.2 Å². The molecule has 0 unspecified atom stereocenters. The first-order valence-corrected chi connectivity index (χ1v) is 14.8. The van der Waals surface area contributed by atoms with Crippen LogP contribution in [0.3, 0.4) is 0 Å². The average molecular weight is 538 g/mol. The highest BCUT2D eigenvalue weighted by Crippen LogP contribution is 2.45. The molecule has 0 N–H and O–H groups in total. The number of hydrogen-bond donors (Lipinski definition) is 0. The number of fused-ring (bicyclic) bond motifs is 10. The van der Waals surface area contributed by atoms with Gasteiger partial charge in [-0.3, -0.25) is 0 Å².